The molecule has 0 spiro atoms. The summed E-state index contributed by atoms with van der Waals surface area (Å²) in [7, 11) is 0. The van der Waals surface area contributed by atoms with E-state index >= 15 is 0 Å². The Balaban J connectivity index is 1.85. The molecule has 0 unspecified atom stereocenters. The SMILES string of the molecule is Cc1c2c(nc3c1CCc1c-3nc3ccccc3c1C)C=CCC=C2. The summed E-state index contributed by atoms with van der Waals surface area (Å²) in [4.78, 5) is 10.1. The molecule has 5 rings (SSSR count). The van der Waals surface area contributed by atoms with Crippen LogP contribution in [0.3, 0.4) is 0 Å². The molecule has 0 fully saturated rings. The van der Waals surface area contributed by atoms with Gasteiger partial charge in [-0.05, 0) is 67.5 Å². The number of pyridine rings is 2. The Morgan fingerprint density at radius 3 is 2.40 bits per heavy atom. The maximum atomic E-state index is 5.06. The van der Waals surface area contributed by atoms with Crippen molar-refractivity contribution in [3.05, 3.63) is 69.9 Å². The minimum Gasteiger partial charge on any atom is -0.246 e. The molecule has 25 heavy (non-hydrogen) atoms. The average molecular weight is 324 g/mol. The van der Waals surface area contributed by atoms with Gasteiger partial charge >= 0.3 is 0 Å². The molecule has 0 amide bonds. The first-order valence-corrected chi connectivity index (χ1v) is 8.99. The maximum Gasteiger partial charge on any atom is 0.0931 e. The van der Waals surface area contributed by atoms with Crippen molar-refractivity contribution in [3.8, 4) is 11.4 Å². The van der Waals surface area contributed by atoms with Gasteiger partial charge < -0.3 is 0 Å². The van der Waals surface area contributed by atoms with Gasteiger partial charge in [0.15, 0.2) is 0 Å². The average Bonchev–Trinajstić information content (AvgIpc) is 2.88. The van der Waals surface area contributed by atoms with Gasteiger partial charge in [0, 0.05) is 10.9 Å². The standard InChI is InChI=1S/C23H20N2/c1-14-16-8-4-3-5-10-20(16)24-22-18(14)12-13-19-15(2)17-9-6-7-11-21(17)25-23(19)22/h4-11H,3,12-13H2,1-2H3. The van der Waals surface area contributed by atoms with Crippen LogP contribution in [0, 0.1) is 13.8 Å². The van der Waals surface area contributed by atoms with E-state index in [-0.39, 0.29) is 0 Å². The second-order valence-corrected chi connectivity index (χ2v) is 6.98. The van der Waals surface area contributed by atoms with E-state index in [1.54, 1.807) is 0 Å². The third-order valence-corrected chi connectivity index (χ3v) is 5.61. The van der Waals surface area contributed by atoms with Gasteiger partial charge in [-0.15, -0.1) is 0 Å². The van der Waals surface area contributed by atoms with Gasteiger partial charge in [-0.3, -0.25) is 0 Å². The minimum atomic E-state index is 0.971. The van der Waals surface area contributed by atoms with Crippen molar-refractivity contribution in [1.29, 1.82) is 0 Å². The van der Waals surface area contributed by atoms with Crippen LogP contribution in [0.1, 0.15) is 39.9 Å². The van der Waals surface area contributed by atoms with Crippen LogP contribution in [0.4, 0.5) is 0 Å². The zero-order valence-electron chi connectivity index (χ0n) is 14.6. The predicted octanol–water partition coefficient (Wildman–Crippen LogP) is 5.44. The summed E-state index contributed by atoms with van der Waals surface area (Å²) >= 11 is 0. The number of benzene rings is 1. The Morgan fingerprint density at radius 2 is 1.52 bits per heavy atom. The fourth-order valence-corrected chi connectivity index (χ4v) is 4.23. The minimum absolute atomic E-state index is 0.971. The first kappa shape index (κ1) is 14.6. The lowest BCUT2D eigenvalue weighted by molar-refractivity contribution is 0.895. The number of para-hydroxylation sites is 1. The van der Waals surface area contributed by atoms with Crippen LogP contribution < -0.4 is 0 Å². The first-order valence-electron chi connectivity index (χ1n) is 8.99. The van der Waals surface area contributed by atoms with Crippen LogP contribution in [0.15, 0.2) is 36.4 Å². The van der Waals surface area contributed by atoms with Crippen molar-refractivity contribution in [2.45, 2.75) is 33.1 Å². The van der Waals surface area contributed by atoms with Crippen molar-refractivity contribution in [2.24, 2.45) is 0 Å². The fraction of sp³-hybridized carbons (Fsp3) is 0.217. The second-order valence-electron chi connectivity index (χ2n) is 6.98. The van der Waals surface area contributed by atoms with E-state index in [9.17, 15) is 0 Å². The van der Waals surface area contributed by atoms with Gasteiger partial charge in [0.25, 0.3) is 0 Å². The van der Waals surface area contributed by atoms with Gasteiger partial charge in [-0.25, -0.2) is 9.97 Å². The molecule has 0 aliphatic heterocycles. The van der Waals surface area contributed by atoms with Crippen LogP contribution in [0.2, 0.25) is 0 Å². The van der Waals surface area contributed by atoms with Crippen LogP contribution >= 0.6 is 0 Å². The molecule has 0 radical (unpaired) electrons. The molecular formula is C23H20N2. The lowest BCUT2D eigenvalue weighted by Gasteiger charge is -2.24. The first-order chi connectivity index (χ1) is 12.2. The smallest absolute Gasteiger partial charge is 0.0931 e. The number of fused-ring (bicyclic) bond motifs is 5. The predicted molar refractivity (Wildman–Crippen MR) is 105 cm³/mol. The highest BCUT2D eigenvalue weighted by Gasteiger charge is 2.25. The van der Waals surface area contributed by atoms with Crippen LogP contribution in [-0.2, 0) is 12.8 Å². The van der Waals surface area contributed by atoms with E-state index in [4.69, 9.17) is 9.97 Å². The summed E-state index contributed by atoms with van der Waals surface area (Å²) in [6.07, 6.45) is 11.9. The van der Waals surface area contributed by atoms with Crippen LogP contribution in [0.5, 0.6) is 0 Å². The third kappa shape index (κ3) is 2.10. The lowest BCUT2D eigenvalue weighted by atomic mass is 9.85. The molecule has 2 aliphatic rings. The highest BCUT2D eigenvalue weighted by molar-refractivity contribution is 5.88. The Morgan fingerprint density at radius 1 is 0.800 bits per heavy atom. The molecule has 3 aromatic rings. The zero-order valence-corrected chi connectivity index (χ0v) is 14.6. The number of rotatable bonds is 0. The maximum absolute atomic E-state index is 5.06. The topological polar surface area (TPSA) is 25.8 Å². The summed E-state index contributed by atoms with van der Waals surface area (Å²) in [6.45, 7) is 4.47. The molecule has 0 saturated heterocycles. The molecule has 0 N–H and O–H groups in total. The normalized spacial score (nSPS) is 14.8. The summed E-state index contributed by atoms with van der Waals surface area (Å²) in [6, 6.07) is 8.44. The molecular weight excluding hydrogens is 304 g/mol. The molecule has 2 aromatic heterocycles. The van der Waals surface area contributed by atoms with E-state index in [2.05, 4.69) is 62.4 Å². The van der Waals surface area contributed by atoms with E-state index in [1.165, 1.54) is 33.2 Å². The van der Waals surface area contributed by atoms with Gasteiger partial charge in [0.05, 0.1) is 22.6 Å². The number of hydrogen-bond donors (Lipinski definition) is 0. The second kappa shape index (κ2) is 5.38. The molecule has 2 heteroatoms. The van der Waals surface area contributed by atoms with E-state index < -0.39 is 0 Å². The van der Waals surface area contributed by atoms with Crippen molar-refractivity contribution >= 4 is 23.1 Å². The van der Waals surface area contributed by atoms with Crippen molar-refractivity contribution in [1.82, 2.24) is 9.97 Å². The number of allylic oxidation sites excluding steroid dienone is 2. The summed E-state index contributed by atoms with van der Waals surface area (Å²) in [5.41, 5.74) is 11.0. The van der Waals surface area contributed by atoms with Gasteiger partial charge in [-0.2, -0.15) is 0 Å². The largest absolute Gasteiger partial charge is 0.246 e. The Hall–Kier alpha value is -2.74. The Labute approximate surface area is 148 Å². The van der Waals surface area contributed by atoms with Crippen molar-refractivity contribution in [3.63, 3.8) is 0 Å². The highest BCUT2D eigenvalue weighted by atomic mass is 14.8. The molecule has 2 nitrogen and oxygen atoms in total. The summed E-state index contributed by atoms with van der Waals surface area (Å²) in [5.74, 6) is 0. The van der Waals surface area contributed by atoms with Gasteiger partial charge in [-0.1, -0.05) is 36.4 Å². The number of nitrogens with zero attached hydrogens (tertiary/aromatic N) is 2. The molecule has 0 atom stereocenters. The Kier molecular flexibility index (Phi) is 3.14. The number of aryl methyl sites for hydroxylation is 1. The summed E-state index contributed by atoms with van der Waals surface area (Å²) < 4.78 is 0. The molecule has 122 valence electrons. The van der Waals surface area contributed by atoms with E-state index in [0.717, 1.165) is 41.9 Å². The molecule has 0 bridgehead atoms. The number of hydrogen-bond acceptors (Lipinski definition) is 2. The Bertz CT molecular complexity index is 1090. The number of aromatic nitrogens is 2. The third-order valence-electron chi connectivity index (χ3n) is 5.61. The van der Waals surface area contributed by atoms with Crippen LogP contribution in [-0.4, -0.2) is 9.97 Å². The molecule has 2 aliphatic carbocycles. The van der Waals surface area contributed by atoms with Gasteiger partial charge in [0.2, 0.25) is 0 Å². The monoisotopic (exact) mass is 324 g/mol. The quantitative estimate of drug-likeness (QED) is 0.550. The highest BCUT2D eigenvalue weighted by Crippen LogP contribution is 2.38. The van der Waals surface area contributed by atoms with Crippen LogP contribution in [0.25, 0.3) is 34.4 Å². The van der Waals surface area contributed by atoms with Crippen molar-refractivity contribution < 1.29 is 0 Å². The summed E-state index contributed by atoms with van der Waals surface area (Å²) in [5, 5.41) is 1.26. The molecule has 0 saturated carbocycles. The molecule has 2 heterocycles. The van der Waals surface area contributed by atoms with Crippen molar-refractivity contribution in [2.75, 3.05) is 0 Å². The van der Waals surface area contributed by atoms with E-state index in [1.807, 2.05) is 0 Å². The molecule has 1 aromatic carbocycles. The fourth-order valence-electron chi connectivity index (χ4n) is 4.23. The lowest BCUT2D eigenvalue weighted by Crippen LogP contribution is -2.13. The van der Waals surface area contributed by atoms with E-state index in [0.29, 0.717) is 0 Å². The zero-order chi connectivity index (χ0) is 17.0. The van der Waals surface area contributed by atoms with Gasteiger partial charge in [0.1, 0.15) is 0 Å².